The van der Waals surface area contributed by atoms with E-state index in [4.69, 9.17) is 14.4 Å². The maximum atomic E-state index is 12.3. The molecular formula is C25H17N3O2. The summed E-state index contributed by atoms with van der Waals surface area (Å²) >= 11 is 0. The van der Waals surface area contributed by atoms with Gasteiger partial charge in [0.1, 0.15) is 0 Å². The highest BCUT2D eigenvalue weighted by Crippen LogP contribution is 2.31. The van der Waals surface area contributed by atoms with Gasteiger partial charge in [-0.15, -0.1) is 0 Å². The molecule has 0 aliphatic carbocycles. The Morgan fingerprint density at radius 2 is 1.33 bits per heavy atom. The van der Waals surface area contributed by atoms with E-state index in [0.717, 1.165) is 28.0 Å². The molecule has 5 heteroatoms. The second-order valence-corrected chi connectivity index (χ2v) is 6.79. The van der Waals surface area contributed by atoms with Gasteiger partial charge in [-0.2, -0.15) is 0 Å². The number of hydrogen-bond acceptors (Lipinski definition) is 4. The highest BCUT2D eigenvalue weighted by atomic mass is 16.3. The lowest BCUT2D eigenvalue weighted by Gasteiger charge is -2.11. The van der Waals surface area contributed by atoms with Gasteiger partial charge in [-0.1, -0.05) is 60.7 Å². The molecule has 0 saturated carbocycles. The Hall–Kier alpha value is -4.25. The number of furan rings is 1. The molecule has 5 aromatic rings. The first-order valence-corrected chi connectivity index (χ1v) is 9.55. The Kier molecular flexibility index (Phi) is 4.54. The van der Waals surface area contributed by atoms with Crippen LogP contribution in [0.15, 0.2) is 102 Å². The highest BCUT2D eigenvalue weighted by Gasteiger charge is 2.14. The van der Waals surface area contributed by atoms with Crippen molar-refractivity contribution >= 4 is 22.6 Å². The van der Waals surface area contributed by atoms with Crippen LogP contribution in [0.25, 0.3) is 33.5 Å². The minimum absolute atomic E-state index is 0.255. The van der Waals surface area contributed by atoms with Gasteiger partial charge < -0.3 is 9.73 Å². The Balaban J connectivity index is 1.62. The summed E-state index contributed by atoms with van der Waals surface area (Å²) in [5.74, 6) is -0.0536. The molecular weight excluding hydrogens is 374 g/mol. The van der Waals surface area contributed by atoms with E-state index in [-0.39, 0.29) is 11.7 Å². The minimum atomic E-state index is -0.309. The minimum Gasteiger partial charge on any atom is -0.459 e. The van der Waals surface area contributed by atoms with Crippen LogP contribution in [0.1, 0.15) is 10.6 Å². The molecule has 5 rings (SSSR count). The van der Waals surface area contributed by atoms with Crippen LogP contribution in [0.3, 0.4) is 0 Å². The molecule has 144 valence electrons. The number of fused-ring (bicyclic) bond motifs is 1. The maximum absolute atomic E-state index is 12.3. The largest absolute Gasteiger partial charge is 0.459 e. The van der Waals surface area contributed by atoms with Crippen molar-refractivity contribution in [3.05, 3.63) is 103 Å². The molecule has 0 atom stereocenters. The number of hydrogen-bond donors (Lipinski definition) is 1. The third kappa shape index (κ3) is 3.44. The number of anilines is 1. The molecule has 0 aliphatic rings. The number of carbonyl (C=O) groups excluding carboxylic acids is 1. The molecule has 1 N–H and O–H groups in total. The van der Waals surface area contributed by atoms with Crippen LogP contribution in [0.5, 0.6) is 0 Å². The van der Waals surface area contributed by atoms with E-state index in [2.05, 4.69) is 5.32 Å². The number of aromatic nitrogens is 2. The Morgan fingerprint density at radius 3 is 1.93 bits per heavy atom. The van der Waals surface area contributed by atoms with E-state index in [1.165, 1.54) is 6.26 Å². The van der Waals surface area contributed by atoms with Crippen LogP contribution in [-0.2, 0) is 0 Å². The van der Waals surface area contributed by atoms with Gasteiger partial charge in [-0.3, -0.25) is 4.79 Å². The van der Waals surface area contributed by atoms with Gasteiger partial charge in [0, 0.05) is 16.8 Å². The zero-order valence-corrected chi connectivity index (χ0v) is 15.9. The fourth-order valence-corrected chi connectivity index (χ4v) is 3.33. The second kappa shape index (κ2) is 7.64. The molecule has 0 bridgehead atoms. The molecule has 0 aliphatic heterocycles. The zero-order valence-electron chi connectivity index (χ0n) is 15.9. The summed E-state index contributed by atoms with van der Waals surface area (Å²) in [6.07, 6.45) is 1.47. The zero-order chi connectivity index (χ0) is 20.3. The van der Waals surface area contributed by atoms with Crippen LogP contribution >= 0.6 is 0 Å². The van der Waals surface area contributed by atoms with E-state index < -0.39 is 0 Å². The van der Waals surface area contributed by atoms with Crippen molar-refractivity contribution in [1.82, 2.24) is 9.97 Å². The molecule has 0 unspecified atom stereocenters. The fraction of sp³-hybridized carbons (Fsp3) is 0. The number of nitrogens with zero attached hydrogens (tertiary/aromatic N) is 2. The molecule has 0 spiro atoms. The van der Waals surface area contributed by atoms with Crippen molar-refractivity contribution in [3.8, 4) is 22.5 Å². The standard InChI is InChI=1S/C25H17N3O2/c29-25(22-12-7-15-30-22)26-19-13-14-20-21(16-19)28-24(18-10-5-2-6-11-18)23(27-20)17-8-3-1-4-9-17/h1-16H,(H,26,29). The lowest BCUT2D eigenvalue weighted by molar-refractivity contribution is 0.0996. The predicted molar refractivity (Wildman–Crippen MR) is 117 cm³/mol. The Morgan fingerprint density at radius 1 is 0.700 bits per heavy atom. The topological polar surface area (TPSA) is 68.0 Å². The average Bonchev–Trinajstić information content (AvgIpc) is 3.35. The van der Waals surface area contributed by atoms with E-state index in [1.54, 1.807) is 12.1 Å². The van der Waals surface area contributed by atoms with E-state index in [1.807, 2.05) is 78.9 Å². The monoisotopic (exact) mass is 391 g/mol. The fourth-order valence-electron chi connectivity index (χ4n) is 3.33. The first kappa shape index (κ1) is 17.8. The van der Waals surface area contributed by atoms with E-state index >= 15 is 0 Å². The molecule has 1 amide bonds. The Labute approximate surface area is 173 Å². The molecule has 30 heavy (non-hydrogen) atoms. The molecule has 0 radical (unpaired) electrons. The average molecular weight is 391 g/mol. The Bertz CT molecular complexity index is 1320. The summed E-state index contributed by atoms with van der Waals surface area (Å²) in [6.45, 7) is 0. The van der Waals surface area contributed by atoms with Gasteiger partial charge in [-0.05, 0) is 30.3 Å². The number of benzene rings is 3. The van der Waals surface area contributed by atoms with Gasteiger partial charge >= 0.3 is 0 Å². The first-order valence-electron chi connectivity index (χ1n) is 9.55. The van der Waals surface area contributed by atoms with Crippen LogP contribution in [-0.4, -0.2) is 15.9 Å². The predicted octanol–water partition coefficient (Wildman–Crippen LogP) is 5.81. The van der Waals surface area contributed by atoms with E-state index in [0.29, 0.717) is 11.2 Å². The highest BCUT2D eigenvalue weighted by molar-refractivity contribution is 6.03. The van der Waals surface area contributed by atoms with Crippen molar-refractivity contribution in [3.63, 3.8) is 0 Å². The van der Waals surface area contributed by atoms with Gasteiger partial charge in [0.05, 0.1) is 28.7 Å². The van der Waals surface area contributed by atoms with Gasteiger partial charge in [0.15, 0.2) is 5.76 Å². The summed E-state index contributed by atoms with van der Waals surface area (Å²) in [5.41, 5.74) is 5.68. The SMILES string of the molecule is O=C(Nc1ccc2nc(-c3ccccc3)c(-c3ccccc3)nc2c1)c1ccco1. The summed E-state index contributed by atoms with van der Waals surface area (Å²) in [5, 5.41) is 2.84. The van der Waals surface area contributed by atoms with Crippen molar-refractivity contribution in [2.24, 2.45) is 0 Å². The van der Waals surface area contributed by atoms with Gasteiger partial charge in [-0.25, -0.2) is 9.97 Å². The summed E-state index contributed by atoms with van der Waals surface area (Å²) in [7, 11) is 0. The quantitative estimate of drug-likeness (QED) is 0.420. The third-order valence-electron chi connectivity index (χ3n) is 4.76. The smallest absolute Gasteiger partial charge is 0.291 e. The van der Waals surface area contributed by atoms with Crippen molar-refractivity contribution in [1.29, 1.82) is 0 Å². The molecule has 2 aromatic heterocycles. The summed E-state index contributed by atoms with van der Waals surface area (Å²) in [4.78, 5) is 22.1. The maximum Gasteiger partial charge on any atom is 0.291 e. The molecule has 0 fully saturated rings. The third-order valence-corrected chi connectivity index (χ3v) is 4.76. The van der Waals surface area contributed by atoms with Crippen molar-refractivity contribution < 1.29 is 9.21 Å². The molecule has 3 aromatic carbocycles. The molecule has 2 heterocycles. The van der Waals surface area contributed by atoms with Crippen molar-refractivity contribution in [2.45, 2.75) is 0 Å². The summed E-state index contributed by atoms with van der Waals surface area (Å²) in [6, 6.07) is 28.8. The lowest BCUT2D eigenvalue weighted by atomic mass is 10.0. The van der Waals surface area contributed by atoms with Gasteiger partial charge in [0.2, 0.25) is 0 Å². The van der Waals surface area contributed by atoms with E-state index in [9.17, 15) is 4.79 Å². The lowest BCUT2D eigenvalue weighted by Crippen LogP contribution is -2.10. The van der Waals surface area contributed by atoms with Crippen LogP contribution in [0.4, 0.5) is 5.69 Å². The molecule has 5 nitrogen and oxygen atoms in total. The van der Waals surface area contributed by atoms with Crippen molar-refractivity contribution in [2.75, 3.05) is 5.32 Å². The van der Waals surface area contributed by atoms with Crippen LogP contribution in [0, 0.1) is 0 Å². The number of nitrogens with one attached hydrogen (secondary N) is 1. The first-order chi connectivity index (χ1) is 14.8. The number of amides is 1. The van der Waals surface area contributed by atoms with Crippen LogP contribution in [0.2, 0.25) is 0 Å². The second-order valence-electron chi connectivity index (χ2n) is 6.79. The molecule has 0 saturated heterocycles. The van der Waals surface area contributed by atoms with Crippen LogP contribution < -0.4 is 5.32 Å². The summed E-state index contributed by atoms with van der Waals surface area (Å²) < 4.78 is 5.16. The normalized spacial score (nSPS) is 10.8. The number of carbonyl (C=O) groups is 1. The number of rotatable bonds is 4. The van der Waals surface area contributed by atoms with Gasteiger partial charge in [0.25, 0.3) is 5.91 Å².